The minimum Gasteiger partial charge on any atom is -0.473 e. The normalized spacial score (nSPS) is 21.2. The van der Waals surface area contributed by atoms with Gasteiger partial charge < -0.3 is 20.3 Å². The fourth-order valence-electron chi connectivity index (χ4n) is 4.12. The Bertz CT molecular complexity index is 1080. The second-order valence-corrected chi connectivity index (χ2v) is 8.14. The summed E-state index contributed by atoms with van der Waals surface area (Å²) in [5.74, 6) is -1.10. The number of carbonyl (C=O) groups is 1. The third-order valence-electron chi connectivity index (χ3n) is 6.01. The maximum atomic E-state index is 13.4. The Morgan fingerprint density at radius 2 is 2.00 bits per heavy atom. The first-order chi connectivity index (χ1) is 14.3. The van der Waals surface area contributed by atoms with E-state index >= 15 is 0 Å². The van der Waals surface area contributed by atoms with Crippen molar-refractivity contribution in [1.82, 2.24) is 14.5 Å². The summed E-state index contributed by atoms with van der Waals surface area (Å²) in [6, 6.07) is 5.13. The zero-order valence-corrected chi connectivity index (χ0v) is 16.2. The molecule has 10 heteroatoms. The zero-order chi connectivity index (χ0) is 21.0. The smallest absolute Gasteiger partial charge is 0.352 e. The monoisotopic (exact) mass is 417 g/mol. The van der Waals surface area contributed by atoms with Crippen LogP contribution in [0.15, 0.2) is 29.1 Å². The van der Waals surface area contributed by atoms with Gasteiger partial charge >= 0.3 is 5.69 Å². The number of carbonyl (C=O) groups excluding carboxylic acids is 1. The van der Waals surface area contributed by atoms with Crippen molar-refractivity contribution in [3.8, 4) is 5.88 Å². The number of amides is 1. The Labute approximate surface area is 170 Å². The molecule has 1 unspecified atom stereocenters. The van der Waals surface area contributed by atoms with Crippen molar-refractivity contribution in [2.24, 2.45) is 5.73 Å². The van der Waals surface area contributed by atoms with Gasteiger partial charge in [-0.2, -0.15) is 4.98 Å². The van der Waals surface area contributed by atoms with E-state index in [0.717, 1.165) is 25.0 Å². The molecule has 3 aliphatic rings. The van der Waals surface area contributed by atoms with E-state index in [1.165, 1.54) is 6.07 Å². The highest BCUT2D eigenvalue weighted by molar-refractivity contribution is 5.89. The molecule has 2 aliphatic heterocycles. The number of halogens is 2. The van der Waals surface area contributed by atoms with Crippen LogP contribution in [-0.4, -0.2) is 51.6 Å². The van der Waals surface area contributed by atoms with Gasteiger partial charge in [-0.05, 0) is 30.5 Å². The van der Waals surface area contributed by atoms with Crippen molar-refractivity contribution in [1.29, 1.82) is 0 Å². The van der Waals surface area contributed by atoms with Crippen molar-refractivity contribution in [3.63, 3.8) is 0 Å². The summed E-state index contributed by atoms with van der Waals surface area (Å²) in [5, 5.41) is 0. The zero-order valence-electron chi connectivity index (χ0n) is 16.2. The summed E-state index contributed by atoms with van der Waals surface area (Å²) in [7, 11) is 0. The van der Waals surface area contributed by atoms with Gasteiger partial charge in [-0.3, -0.25) is 9.36 Å². The molecule has 2 aromatic rings. The van der Waals surface area contributed by atoms with E-state index in [4.69, 9.17) is 10.5 Å². The van der Waals surface area contributed by atoms with Crippen LogP contribution in [0.1, 0.15) is 18.4 Å². The van der Waals surface area contributed by atoms with Crippen molar-refractivity contribution >= 4 is 11.7 Å². The molecule has 1 amide bonds. The Kier molecular flexibility index (Phi) is 4.28. The highest BCUT2D eigenvalue weighted by Gasteiger charge is 2.49. The van der Waals surface area contributed by atoms with Crippen molar-refractivity contribution in [3.05, 3.63) is 51.9 Å². The molecule has 1 saturated carbocycles. The quantitative estimate of drug-likeness (QED) is 0.784. The number of benzene rings is 1. The number of aromatic nitrogens is 2. The van der Waals surface area contributed by atoms with Crippen LogP contribution in [-0.2, 0) is 17.9 Å². The van der Waals surface area contributed by atoms with E-state index in [2.05, 4.69) is 9.88 Å². The van der Waals surface area contributed by atoms with Crippen LogP contribution < -0.4 is 21.1 Å². The molecule has 30 heavy (non-hydrogen) atoms. The average Bonchev–Trinajstić information content (AvgIpc) is 3.37. The maximum Gasteiger partial charge on any atom is 0.352 e. The molecule has 1 saturated heterocycles. The molecule has 1 atom stereocenters. The summed E-state index contributed by atoms with van der Waals surface area (Å²) in [6.07, 6.45) is 1.44. The largest absolute Gasteiger partial charge is 0.473 e. The van der Waals surface area contributed by atoms with Crippen LogP contribution in [0.25, 0.3) is 0 Å². The lowest BCUT2D eigenvalue weighted by Gasteiger charge is -2.39. The van der Waals surface area contributed by atoms with Crippen molar-refractivity contribution < 1.29 is 18.3 Å². The number of hydrogen-bond acceptors (Lipinski definition) is 6. The first kappa shape index (κ1) is 19.0. The van der Waals surface area contributed by atoms with Crippen LogP contribution in [0.4, 0.5) is 14.6 Å². The van der Waals surface area contributed by atoms with E-state index < -0.39 is 22.9 Å². The van der Waals surface area contributed by atoms with E-state index in [-0.39, 0.29) is 24.4 Å². The molecule has 1 aromatic carbocycles. The van der Waals surface area contributed by atoms with Gasteiger partial charge in [0, 0.05) is 25.7 Å². The van der Waals surface area contributed by atoms with Crippen molar-refractivity contribution in [2.75, 3.05) is 24.5 Å². The van der Waals surface area contributed by atoms with Crippen LogP contribution in [0.2, 0.25) is 0 Å². The summed E-state index contributed by atoms with van der Waals surface area (Å²) in [4.78, 5) is 32.9. The predicted octanol–water partition coefficient (Wildman–Crippen LogP) is 0.623. The molecule has 1 aliphatic carbocycles. The van der Waals surface area contributed by atoms with Crippen LogP contribution >= 0.6 is 0 Å². The number of piperazine rings is 1. The number of fused-ring (bicyclic) bond motifs is 3. The fraction of sp³-hybridized carbons (Fsp3) is 0.450. The van der Waals surface area contributed by atoms with Gasteiger partial charge in [0.25, 0.3) is 0 Å². The lowest BCUT2D eigenvalue weighted by molar-refractivity contribution is -0.134. The first-order valence-electron chi connectivity index (χ1n) is 9.87. The molecule has 158 valence electrons. The number of nitrogens with zero attached hydrogens (tertiary/aromatic N) is 4. The number of rotatable bonds is 4. The van der Waals surface area contributed by atoms with Gasteiger partial charge in [0.1, 0.15) is 12.4 Å². The number of anilines is 1. The van der Waals surface area contributed by atoms with Crippen LogP contribution in [0.3, 0.4) is 0 Å². The topological polar surface area (TPSA) is 93.7 Å². The lowest BCUT2D eigenvalue weighted by atomic mass is 10.1. The molecule has 0 radical (unpaired) electrons. The lowest BCUT2D eigenvalue weighted by Crippen LogP contribution is -2.57. The van der Waals surface area contributed by atoms with Gasteiger partial charge in [-0.15, -0.1) is 0 Å². The molecular formula is C20H21F2N5O3. The average molecular weight is 417 g/mol. The van der Waals surface area contributed by atoms with Gasteiger partial charge in [0.05, 0.1) is 18.1 Å². The molecule has 0 spiro atoms. The van der Waals surface area contributed by atoms with E-state index in [0.29, 0.717) is 37.6 Å². The fourth-order valence-corrected chi connectivity index (χ4v) is 4.12. The van der Waals surface area contributed by atoms with Gasteiger partial charge in [0.15, 0.2) is 11.6 Å². The summed E-state index contributed by atoms with van der Waals surface area (Å²) in [5.41, 5.74) is 5.33. The number of nitrogens with two attached hydrogens (primary N) is 1. The highest BCUT2D eigenvalue weighted by atomic mass is 19.2. The van der Waals surface area contributed by atoms with E-state index in [1.807, 2.05) is 0 Å². The Morgan fingerprint density at radius 1 is 1.20 bits per heavy atom. The first-order valence-corrected chi connectivity index (χ1v) is 9.87. The highest BCUT2D eigenvalue weighted by Crippen LogP contribution is 2.36. The van der Waals surface area contributed by atoms with E-state index in [1.54, 1.807) is 15.5 Å². The van der Waals surface area contributed by atoms with Crippen LogP contribution in [0, 0.1) is 11.6 Å². The number of ether oxygens (including phenoxy) is 1. The predicted molar refractivity (Wildman–Crippen MR) is 103 cm³/mol. The summed E-state index contributed by atoms with van der Waals surface area (Å²) in [6.45, 7) is 2.02. The van der Waals surface area contributed by atoms with Crippen LogP contribution in [0.5, 0.6) is 5.88 Å². The number of hydrogen-bond donors (Lipinski definition) is 1. The Balaban J connectivity index is 1.31. The minimum absolute atomic E-state index is 0.0147. The second-order valence-electron chi connectivity index (χ2n) is 8.14. The molecule has 8 nitrogen and oxygen atoms in total. The molecule has 3 heterocycles. The Hall–Kier alpha value is -3.01. The molecule has 1 aromatic heterocycles. The maximum absolute atomic E-state index is 13.4. The molecule has 2 N–H and O–H groups in total. The third kappa shape index (κ3) is 3.20. The molecular weight excluding hydrogens is 396 g/mol. The van der Waals surface area contributed by atoms with Crippen molar-refractivity contribution in [2.45, 2.75) is 37.6 Å². The molecule has 2 fully saturated rings. The molecule has 0 bridgehead atoms. The SMILES string of the molecule is NC1(C(=O)N2CCN3c4cc(OCc5ccc(F)c(F)c5)nc(=O)n4CC3C2)CC1. The van der Waals surface area contributed by atoms with Gasteiger partial charge in [-0.1, -0.05) is 6.07 Å². The van der Waals surface area contributed by atoms with Gasteiger partial charge in [-0.25, -0.2) is 13.6 Å². The van der Waals surface area contributed by atoms with E-state index in [9.17, 15) is 18.4 Å². The van der Waals surface area contributed by atoms with Gasteiger partial charge in [0.2, 0.25) is 11.8 Å². The third-order valence-corrected chi connectivity index (χ3v) is 6.01. The summed E-state index contributed by atoms with van der Waals surface area (Å²) < 4.78 is 33.5. The Morgan fingerprint density at radius 3 is 2.73 bits per heavy atom. The summed E-state index contributed by atoms with van der Waals surface area (Å²) >= 11 is 0. The molecule has 5 rings (SSSR count). The minimum atomic E-state index is -0.959. The second kappa shape index (κ2) is 6.76. The standard InChI is InChI=1S/C20H21F2N5O3/c21-14-2-1-12(7-15(14)22)11-30-16-8-17-26-6-5-25(18(28)20(23)3-4-20)9-13(26)10-27(17)19(29)24-16/h1-2,7-8,13H,3-6,9-11,23H2.